The van der Waals surface area contributed by atoms with Gasteiger partial charge < -0.3 is 10.6 Å². The third kappa shape index (κ3) is 4.81. The number of benzene rings is 1. The molecule has 4 N–H and O–H groups in total. The highest BCUT2D eigenvalue weighted by Gasteiger charge is 1.95. The van der Waals surface area contributed by atoms with E-state index in [1.54, 1.807) is 0 Å². The highest BCUT2D eigenvalue weighted by molar-refractivity contribution is 5.95. The van der Waals surface area contributed by atoms with Crippen LogP contribution in [0.25, 0.3) is 0 Å². The number of nitrogens with one attached hydrogen (secondary N) is 4. The normalized spacial score (nSPS) is 18.3. The first-order valence-corrected chi connectivity index (χ1v) is 4.32. The van der Waals surface area contributed by atoms with E-state index in [0.717, 1.165) is 0 Å². The molecule has 0 fully saturated rings. The molecule has 0 spiro atoms. The van der Waals surface area contributed by atoms with Gasteiger partial charge >= 0.3 is 0 Å². The fourth-order valence-corrected chi connectivity index (χ4v) is 0.859. The molecule has 15 heavy (non-hydrogen) atoms. The number of amidine groups is 1. The van der Waals surface area contributed by atoms with Crippen molar-refractivity contribution in [1.29, 1.82) is 10.8 Å². The van der Waals surface area contributed by atoms with Gasteiger partial charge in [0.1, 0.15) is 0 Å². The molecule has 4 nitrogen and oxygen atoms in total. The molecule has 0 aliphatic rings. The molecule has 1 aromatic carbocycles. The first-order chi connectivity index (χ1) is 9.23. The first kappa shape index (κ1) is 5.90. The third-order valence-corrected chi connectivity index (χ3v) is 1.43. The Labute approximate surface area is 96.8 Å². The molecule has 80 valence electrons. The van der Waals surface area contributed by atoms with Crippen LogP contribution in [0.15, 0.2) is 30.3 Å². The molecule has 0 saturated carbocycles. The maximum Gasteiger partial charge on any atom is 0.193 e. The van der Waals surface area contributed by atoms with Gasteiger partial charge in [-0.05, 0) is 18.9 Å². The quantitative estimate of drug-likeness (QED) is 0.448. The van der Waals surface area contributed by atoms with E-state index in [2.05, 4.69) is 10.6 Å². The van der Waals surface area contributed by atoms with Crippen molar-refractivity contribution in [2.24, 2.45) is 0 Å². The van der Waals surface area contributed by atoms with Gasteiger partial charge in [-0.15, -0.1) is 0 Å². The zero-order valence-electron chi connectivity index (χ0n) is 13.3. The van der Waals surface area contributed by atoms with E-state index in [1.807, 2.05) is 0 Å². The average molecular weight is 209 g/mol. The van der Waals surface area contributed by atoms with Crippen molar-refractivity contribution in [1.82, 2.24) is 10.6 Å². The highest BCUT2D eigenvalue weighted by atomic mass is 15.1. The number of rotatable bonds is 3. The topological polar surface area (TPSA) is 71.8 Å². The van der Waals surface area contributed by atoms with Crippen molar-refractivity contribution in [3.8, 4) is 0 Å². The second-order valence-electron chi connectivity index (χ2n) is 2.79. The lowest BCUT2D eigenvalue weighted by molar-refractivity contribution is 0.842. The zero-order valence-corrected chi connectivity index (χ0v) is 8.31. The van der Waals surface area contributed by atoms with Crippen LogP contribution in [0.5, 0.6) is 0 Å². The monoisotopic (exact) mass is 209 g/mol. The number of aryl methyl sites for hydroxylation is 1. The molecule has 0 heterocycles. The lowest BCUT2D eigenvalue weighted by Crippen LogP contribution is -2.39. The predicted octanol–water partition coefficient (Wildman–Crippen LogP) is 1.34. The van der Waals surface area contributed by atoms with Crippen LogP contribution in [0.2, 0.25) is 0 Å². The predicted molar refractivity (Wildman–Crippen MR) is 62.4 cm³/mol. The molecule has 0 aromatic heterocycles. The molecule has 1 aromatic rings. The number of guanidine groups is 1. The summed E-state index contributed by atoms with van der Waals surface area (Å²) in [4.78, 5) is 0. The molecule has 0 aliphatic heterocycles. The van der Waals surface area contributed by atoms with E-state index >= 15 is 0 Å². The van der Waals surface area contributed by atoms with E-state index < -0.39 is 12.9 Å². The first-order valence-electron chi connectivity index (χ1n) is 6.98. The summed E-state index contributed by atoms with van der Waals surface area (Å²) in [6, 6.07) is 2.06. The smallest absolute Gasteiger partial charge is 0.193 e. The largest absolute Gasteiger partial charge is 0.356 e. The van der Waals surface area contributed by atoms with Crippen molar-refractivity contribution < 1.29 is 6.85 Å². The van der Waals surface area contributed by atoms with Gasteiger partial charge in [0, 0.05) is 9.26 Å². The second kappa shape index (κ2) is 5.80. The summed E-state index contributed by atoms with van der Waals surface area (Å²) in [5.74, 6) is -0.242. The van der Waals surface area contributed by atoms with Crippen LogP contribution in [0.4, 0.5) is 0 Å². The number of hydrogen-bond donors (Lipinski definition) is 4. The minimum absolute atomic E-state index is 0.0319. The van der Waals surface area contributed by atoms with Gasteiger partial charge in [-0.1, -0.05) is 30.3 Å². The zero-order chi connectivity index (χ0) is 15.4. The van der Waals surface area contributed by atoms with Gasteiger partial charge in [0.25, 0.3) is 0 Å². The molecule has 0 amide bonds. The summed E-state index contributed by atoms with van der Waals surface area (Å²) in [5, 5.41) is 19.3. The Bertz CT molecular complexity index is 534. The Kier molecular flexibility index (Phi) is 2.28. The summed E-state index contributed by atoms with van der Waals surface area (Å²) in [6.45, 7) is 0.212. The van der Waals surface area contributed by atoms with Crippen molar-refractivity contribution in [3.05, 3.63) is 35.8 Å². The average Bonchev–Trinajstić information content (AvgIpc) is 2.34. The van der Waals surface area contributed by atoms with Crippen molar-refractivity contribution in [3.63, 3.8) is 0 Å². The Morgan fingerprint density at radius 2 is 2.33 bits per heavy atom. The SMILES string of the molecule is [2H]c1ccc(C([2H])C([2H])NC(=N)NC(C)=N)c([2H])c1[2H]. The van der Waals surface area contributed by atoms with Crippen LogP contribution in [0, 0.1) is 10.8 Å². The van der Waals surface area contributed by atoms with Gasteiger partial charge in [-0.25, -0.2) is 0 Å². The van der Waals surface area contributed by atoms with Gasteiger partial charge in [0.05, 0.1) is 9.95 Å². The van der Waals surface area contributed by atoms with Crippen LogP contribution < -0.4 is 10.6 Å². The molecule has 2 atom stereocenters. The summed E-state index contributed by atoms with van der Waals surface area (Å²) in [6.07, 6.45) is -1.18. The molecular weight excluding hydrogens is 188 g/mol. The van der Waals surface area contributed by atoms with Crippen LogP contribution in [-0.2, 0) is 6.40 Å². The Balaban J connectivity index is 2.84. The Morgan fingerprint density at radius 1 is 1.53 bits per heavy atom. The van der Waals surface area contributed by atoms with Gasteiger partial charge in [-0.2, -0.15) is 0 Å². The molecule has 0 aliphatic carbocycles. The molecule has 0 bridgehead atoms. The van der Waals surface area contributed by atoms with Crippen molar-refractivity contribution >= 4 is 11.8 Å². The van der Waals surface area contributed by atoms with E-state index in [-0.39, 0.29) is 35.5 Å². The van der Waals surface area contributed by atoms with E-state index in [1.165, 1.54) is 19.1 Å². The molecular formula is C11H16N4. The van der Waals surface area contributed by atoms with Crippen LogP contribution >= 0.6 is 0 Å². The fraction of sp³-hybridized carbons (Fsp3) is 0.273. The summed E-state index contributed by atoms with van der Waals surface area (Å²) < 4.78 is 38.3. The summed E-state index contributed by atoms with van der Waals surface area (Å²) in [7, 11) is 0. The minimum Gasteiger partial charge on any atom is -0.356 e. The molecule has 0 radical (unpaired) electrons. The van der Waals surface area contributed by atoms with E-state index in [4.69, 9.17) is 17.7 Å². The lowest BCUT2D eigenvalue weighted by Gasteiger charge is -2.08. The maximum atomic E-state index is 7.91. The van der Waals surface area contributed by atoms with E-state index in [0.29, 0.717) is 0 Å². The third-order valence-electron chi connectivity index (χ3n) is 1.43. The van der Waals surface area contributed by atoms with E-state index in [9.17, 15) is 0 Å². The van der Waals surface area contributed by atoms with Crippen molar-refractivity contribution in [2.75, 3.05) is 6.52 Å². The lowest BCUT2D eigenvalue weighted by atomic mass is 10.1. The second-order valence-corrected chi connectivity index (χ2v) is 2.79. The van der Waals surface area contributed by atoms with Crippen LogP contribution in [0.1, 0.15) is 19.3 Å². The molecule has 2 unspecified atom stereocenters. The van der Waals surface area contributed by atoms with Crippen LogP contribution in [0.3, 0.4) is 0 Å². The maximum absolute atomic E-state index is 7.91. The van der Waals surface area contributed by atoms with Gasteiger partial charge in [0.15, 0.2) is 5.96 Å². The Hall–Kier alpha value is -1.84. The standard InChI is InChI=1S/C11H16N4/c1-9(12)15-11(13)14-8-7-10-5-3-2-4-6-10/h2-6H,7-8H2,1H3,(H4,12,13,14,15)/i2D,3D,5D,7D,8D. The van der Waals surface area contributed by atoms with Crippen molar-refractivity contribution in [2.45, 2.75) is 13.3 Å². The molecule has 4 heteroatoms. The van der Waals surface area contributed by atoms with Gasteiger partial charge in [0.2, 0.25) is 0 Å². The van der Waals surface area contributed by atoms with Crippen LogP contribution in [-0.4, -0.2) is 18.3 Å². The highest BCUT2D eigenvalue weighted by Crippen LogP contribution is 1.97. The van der Waals surface area contributed by atoms with Gasteiger partial charge in [-0.3, -0.25) is 10.8 Å². The molecule has 1 rings (SSSR count). The summed E-state index contributed by atoms with van der Waals surface area (Å²) in [5.41, 5.74) is 0.151. The Morgan fingerprint density at radius 3 is 3.07 bits per heavy atom. The molecule has 0 saturated heterocycles. The minimum atomic E-state index is -1.23. The fourth-order valence-electron chi connectivity index (χ4n) is 0.859. The number of hydrogen-bond acceptors (Lipinski definition) is 2. The summed E-state index contributed by atoms with van der Waals surface area (Å²) >= 11 is 0.